The number of oxazole rings is 1. The van der Waals surface area contributed by atoms with Gasteiger partial charge in [0.05, 0.1) is 24.4 Å². The summed E-state index contributed by atoms with van der Waals surface area (Å²) in [5.41, 5.74) is 4.77. The lowest BCUT2D eigenvalue weighted by atomic mass is 10.1. The maximum atomic E-state index is 13.2. The molecule has 0 atom stereocenters. The average Bonchev–Trinajstić information content (AvgIpc) is 3.41. The van der Waals surface area contributed by atoms with Crippen molar-refractivity contribution in [2.45, 2.75) is 27.3 Å². The van der Waals surface area contributed by atoms with Crippen molar-refractivity contribution in [3.8, 4) is 28.5 Å². The van der Waals surface area contributed by atoms with Crippen molar-refractivity contribution < 1.29 is 9.15 Å². The highest BCUT2D eigenvalue weighted by molar-refractivity contribution is 5.66. The molecular weight excluding hydrogens is 416 g/mol. The number of aromatic nitrogens is 4. The van der Waals surface area contributed by atoms with Gasteiger partial charge in [0.25, 0.3) is 5.56 Å². The van der Waals surface area contributed by atoms with Crippen LogP contribution >= 0.6 is 0 Å². The van der Waals surface area contributed by atoms with Gasteiger partial charge < -0.3 is 13.7 Å². The van der Waals surface area contributed by atoms with Gasteiger partial charge in [0.2, 0.25) is 5.89 Å². The molecule has 166 valence electrons. The Morgan fingerprint density at radius 1 is 1.03 bits per heavy atom. The maximum Gasteiger partial charge on any atom is 0.276 e. The summed E-state index contributed by atoms with van der Waals surface area (Å²) < 4.78 is 14.9. The van der Waals surface area contributed by atoms with Crippen LogP contribution in [0.5, 0.6) is 5.75 Å². The molecule has 0 saturated heterocycles. The van der Waals surface area contributed by atoms with Crippen LogP contribution in [-0.4, -0.2) is 25.8 Å². The van der Waals surface area contributed by atoms with E-state index < -0.39 is 0 Å². The summed E-state index contributed by atoms with van der Waals surface area (Å²) in [6, 6.07) is 17.5. The Hall–Kier alpha value is -4.13. The summed E-state index contributed by atoms with van der Waals surface area (Å²) in [6.07, 6.45) is 3.51. The molecule has 0 aliphatic rings. The van der Waals surface area contributed by atoms with Gasteiger partial charge in [0, 0.05) is 18.0 Å². The molecule has 7 heteroatoms. The summed E-state index contributed by atoms with van der Waals surface area (Å²) in [5, 5.41) is 4.57. The first-order chi connectivity index (χ1) is 16.0. The zero-order valence-electron chi connectivity index (χ0n) is 18.8. The second kappa shape index (κ2) is 8.43. The molecule has 33 heavy (non-hydrogen) atoms. The minimum atomic E-state index is -0.137. The summed E-state index contributed by atoms with van der Waals surface area (Å²) in [7, 11) is 0. The van der Waals surface area contributed by atoms with Crippen molar-refractivity contribution in [2.24, 2.45) is 0 Å². The molecule has 0 saturated carbocycles. The topological polar surface area (TPSA) is 74.6 Å². The van der Waals surface area contributed by atoms with Crippen LogP contribution in [0.3, 0.4) is 0 Å². The van der Waals surface area contributed by atoms with Gasteiger partial charge in [-0.15, -0.1) is 0 Å². The highest BCUT2D eigenvalue weighted by atomic mass is 16.5. The number of hydrogen-bond acceptors (Lipinski definition) is 5. The molecule has 0 aliphatic carbocycles. The number of rotatable bonds is 6. The van der Waals surface area contributed by atoms with Crippen LogP contribution in [-0.2, 0) is 6.54 Å². The summed E-state index contributed by atoms with van der Waals surface area (Å²) >= 11 is 0. The molecule has 5 rings (SSSR count). The standard InChI is InChI=1S/C26H24N4O3/c1-4-32-24-8-6-5-7-20(24)25-27-22(18(3)33-25)16-29-13-14-30-23(26(29)31)15-21(28-30)19-11-9-17(2)10-12-19/h5-15H,4,16H2,1-3H3. The third-order valence-corrected chi connectivity index (χ3v) is 5.58. The number of hydrogen-bond donors (Lipinski definition) is 0. The molecule has 5 aromatic rings. The van der Waals surface area contributed by atoms with Crippen molar-refractivity contribution >= 4 is 5.52 Å². The Labute approximate surface area is 190 Å². The predicted octanol–water partition coefficient (Wildman–Crippen LogP) is 4.88. The van der Waals surface area contributed by atoms with Gasteiger partial charge in [-0.3, -0.25) is 4.79 Å². The zero-order valence-corrected chi connectivity index (χ0v) is 18.8. The summed E-state index contributed by atoms with van der Waals surface area (Å²) in [6.45, 7) is 6.68. The summed E-state index contributed by atoms with van der Waals surface area (Å²) in [4.78, 5) is 17.9. The van der Waals surface area contributed by atoms with Crippen LogP contribution in [0.4, 0.5) is 0 Å². The van der Waals surface area contributed by atoms with Crippen LogP contribution in [0.2, 0.25) is 0 Å². The number of fused-ring (bicyclic) bond motifs is 1. The van der Waals surface area contributed by atoms with E-state index in [4.69, 9.17) is 9.15 Å². The quantitative estimate of drug-likeness (QED) is 0.376. The van der Waals surface area contributed by atoms with Crippen molar-refractivity contribution in [1.82, 2.24) is 19.2 Å². The van der Waals surface area contributed by atoms with Gasteiger partial charge in [-0.1, -0.05) is 42.0 Å². The summed E-state index contributed by atoms with van der Waals surface area (Å²) in [5.74, 6) is 1.86. The van der Waals surface area contributed by atoms with Gasteiger partial charge in [-0.05, 0) is 39.0 Å². The van der Waals surface area contributed by atoms with E-state index in [-0.39, 0.29) is 5.56 Å². The SMILES string of the molecule is CCOc1ccccc1-c1nc(Cn2ccn3nc(-c4ccc(C)cc4)cc3c2=O)c(C)o1. The van der Waals surface area contributed by atoms with Crippen molar-refractivity contribution in [2.75, 3.05) is 6.61 Å². The van der Waals surface area contributed by atoms with E-state index in [1.807, 2.05) is 75.4 Å². The predicted molar refractivity (Wildman–Crippen MR) is 127 cm³/mol. The molecule has 0 amide bonds. The minimum Gasteiger partial charge on any atom is -0.493 e. The lowest BCUT2D eigenvalue weighted by Crippen LogP contribution is -2.22. The molecule has 0 unspecified atom stereocenters. The van der Waals surface area contributed by atoms with Crippen molar-refractivity contribution in [1.29, 1.82) is 0 Å². The molecular formula is C26H24N4O3. The number of para-hydroxylation sites is 1. The third kappa shape index (κ3) is 3.93. The van der Waals surface area contributed by atoms with E-state index in [0.29, 0.717) is 41.8 Å². The van der Waals surface area contributed by atoms with E-state index in [1.54, 1.807) is 21.5 Å². The number of nitrogens with zero attached hydrogens (tertiary/aromatic N) is 4. The molecule has 7 nitrogen and oxygen atoms in total. The van der Waals surface area contributed by atoms with E-state index in [2.05, 4.69) is 10.1 Å². The van der Waals surface area contributed by atoms with Crippen molar-refractivity contribution in [3.63, 3.8) is 0 Å². The number of benzene rings is 2. The first-order valence-corrected chi connectivity index (χ1v) is 10.9. The molecule has 3 aromatic heterocycles. The smallest absolute Gasteiger partial charge is 0.276 e. The fourth-order valence-corrected chi connectivity index (χ4v) is 3.79. The molecule has 3 heterocycles. The first kappa shape index (κ1) is 20.8. The Balaban J connectivity index is 1.48. The van der Waals surface area contributed by atoms with E-state index in [1.165, 1.54) is 5.56 Å². The van der Waals surface area contributed by atoms with E-state index in [0.717, 1.165) is 16.8 Å². The molecule has 0 radical (unpaired) electrons. The van der Waals surface area contributed by atoms with Gasteiger partial charge >= 0.3 is 0 Å². The maximum absolute atomic E-state index is 13.2. The Bertz CT molecular complexity index is 1490. The number of ether oxygens (including phenoxy) is 1. The van der Waals surface area contributed by atoms with Gasteiger partial charge in [0.1, 0.15) is 22.7 Å². The van der Waals surface area contributed by atoms with Crippen molar-refractivity contribution in [3.05, 3.63) is 94.4 Å². The Morgan fingerprint density at radius 3 is 2.61 bits per heavy atom. The highest BCUT2D eigenvalue weighted by Gasteiger charge is 2.17. The van der Waals surface area contributed by atoms with Gasteiger partial charge in [0.15, 0.2) is 0 Å². The van der Waals surface area contributed by atoms with Crippen LogP contribution in [0.25, 0.3) is 28.2 Å². The highest BCUT2D eigenvalue weighted by Crippen LogP contribution is 2.30. The van der Waals surface area contributed by atoms with Crippen LogP contribution in [0.15, 0.2) is 76.2 Å². The van der Waals surface area contributed by atoms with E-state index >= 15 is 0 Å². The Kier molecular flexibility index (Phi) is 5.30. The molecule has 0 N–H and O–H groups in total. The van der Waals surface area contributed by atoms with Gasteiger partial charge in [-0.2, -0.15) is 5.10 Å². The van der Waals surface area contributed by atoms with Crippen LogP contribution in [0.1, 0.15) is 23.9 Å². The van der Waals surface area contributed by atoms with Gasteiger partial charge in [-0.25, -0.2) is 9.50 Å². The first-order valence-electron chi connectivity index (χ1n) is 10.9. The molecule has 0 spiro atoms. The fourth-order valence-electron chi connectivity index (χ4n) is 3.79. The van der Waals surface area contributed by atoms with Crippen LogP contribution < -0.4 is 10.3 Å². The largest absolute Gasteiger partial charge is 0.493 e. The normalized spacial score (nSPS) is 11.2. The monoisotopic (exact) mass is 440 g/mol. The second-order valence-electron chi connectivity index (χ2n) is 7.91. The average molecular weight is 441 g/mol. The molecule has 2 aromatic carbocycles. The molecule has 0 aliphatic heterocycles. The lowest BCUT2D eigenvalue weighted by Gasteiger charge is -2.06. The molecule has 0 fully saturated rings. The second-order valence-corrected chi connectivity index (χ2v) is 7.91. The van der Waals surface area contributed by atoms with E-state index in [9.17, 15) is 4.79 Å². The minimum absolute atomic E-state index is 0.137. The zero-order chi connectivity index (χ0) is 22.9. The number of aryl methyl sites for hydroxylation is 2. The lowest BCUT2D eigenvalue weighted by molar-refractivity contribution is 0.340. The van der Waals surface area contributed by atoms with Crippen LogP contribution in [0, 0.1) is 13.8 Å². The molecule has 0 bridgehead atoms. The fraction of sp³-hybridized carbons (Fsp3) is 0.192. The Morgan fingerprint density at radius 2 is 1.82 bits per heavy atom. The third-order valence-electron chi connectivity index (χ3n) is 5.58.